The molecule has 0 radical (unpaired) electrons. The highest BCUT2D eigenvalue weighted by Gasteiger charge is 2.30. The van der Waals surface area contributed by atoms with Crippen molar-refractivity contribution in [2.75, 3.05) is 32.8 Å². The van der Waals surface area contributed by atoms with E-state index in [1.807, 2.05) is 53.1 Å². The number of amides is 2. The molecule has 2 heterocycles. The van der Waals surface area contributed by atoms with Crippen LogP contribution < -0.4 is 9.47 Å². The minimum Gasteiger partial charge on any atom is -0.486 e. The van der Waals surface area contributed by atoms with Gasteiger partial charge in [0, 0.05) is 44.1 Å². The number of carbonyl (C=O) groups is 2. The molecule has 0 aliphatic carbocycles. The second-order valence-electron chi connectivity index (χ2n) is 8.43. The molecule has 0 bridgehead atoms. The Morgan fingerprint density at radius 3 is 2.50 bits per heavy atom. The van der Waals surface area contributed by atoms with Crippen LogP contribution in [0.15, 0.2) is 48.5 Å². The van der Waals surface area contributed by atoms with Crippen molar-refractivity contribution in [3.05, 3.63) is 59.7 Å². The predicted molar refractivity (Wildman–Crippen MR) is 123 cm³/mol. The van der Waals surface area contributed by atoms with E-state index in [1.54, 1.807) is 0 Å². The number of para-hydroxylation sites is 1. The Labute approximate surface area is 190 Å². The summed E-state index contributed by atoms with van der Waals surface area (Å²) in [5.41, 5.74) is 2.16. The van der Waals surface area contributed by atoms with E-state index < -0.39 is 0 Å². The monoisotopic (exact) mass is 436 g/mol. The van der Waals surface area contributed by atoms with Gasteiger partial charge in [0.1, 0.15) is 13.2 Å². The maximum atomic E-state index is 13.2. The number of hydrogen-bond donors (Lipinski definition) is 0. The largest absolute Gasteiger partial charge is 0.486 e. The number of nitrogens with zero attached hydrogens (tertiary/aromatic N) is 2. The lowest BCUT2D eigenvalue weighted by molar-refractivity contribution is -0.141. The number of likely N-dealkylation sites (tertiary alicyclic amines) is 1. The Kier molecular flexibility index (Phi) is 7.30. The zero-order valence-corrected chi connectivity index (χ0v) is 18.8. The molecule has 0 N–H and O–H groups in total. The van der Waals surface area contributed by atoms with Gasteiger partial charge in [-0.05, 0) is 37.8 Å². The van der Waals surface area contributed by atoms with E-state index in [2.05, 4.69) is 12.1 Å². The van der Waals surface area contributed by atoms with Gasteiger partial charge in [0.2, 0.25) is 11.8 Å². The molecule has 0 atom stereocenters. The Bertz CT molecular complexity index is 923. The molecule has 2 aliphatic heterocycles. The van der Waals surface area contributed by atoms with Crippen molar-refractivity contribution in [1.29, 1.82) is 0 Å². The Hall–Kier alpha value is -3.02. The fraction of sp³-hybridized carbons (Fsp3) is 0.462. The first kappa shape index (κ1) is 22.2. The third-order valence-corrected chi connectivity index (χ3v) is 6.37. The maximum absolute atomic E-state index is 13.2. The minimum absolute atomic E-state index is 0.0372. The molecule has 6 nitrogen and oxygen atoms in total. The van der Waals surface area contributed by atoms with Gasteiger partial charge in [-0.25, -0.2) is 0 Å². The van der Waals surface area contributed by atoms with Gasteiger partial charge in [0.25, 0.3) is 0 Å². The van der Waals surface area contributed by atoms with Crippen molar-refractivity contribution < 1.29 is 19.1 Å². The summed E-state index contributed by atoms with van der Waals surface area (Å²) < 4.78 is 11.5. The van der Waals surface area contributed by atoms with Gasteiger partial charge in [-0.15, -0.1) is 0 Å². The van der Waals surface area contributed by atoms with Crippen molar-refractivity contribution >= 4 is 11.8 Å². The Morgan fingerprint density at radius 1 is 1.00 bits per heavy atom. The summed E-state index contributed by atoms with van der Waals surface area (Å²) in [6, 6.07) is 15.9. The highest BCUT2D eigenvalue weighted by atomic mass is 16.6. The van der Waals surface area contributed by atoms with Crippen LogP contribution in [0.4, 0.5) is 0 Å². The van der Waals surface area contributed by atoms with E-state index in [0.717, 1.165) is 36.3 Å². The quantitative estimate of drug-likeness (QED) is 0.664. The number of fused-ring (bicyclic) bond motifs is 1. The summed E-state index contributed by atoms with van der Waals surface area (Å²) in [5.74, 6) is 1.81. The summed E-state index contributed by atoms with van der Waals surface area (Å²) >= 11 is 0. The Balaban J connectivity index is 1.30. The Morgan fingerprint density at radius 2 is 1.75 bits per heavy atom. The number of rotatable bonds is 7. The van der Waals surface area contributed by atoms with E-state index in [1.165, 1.54) is 5.56 Å². The van der Waals surface area contributed by atoms with E-state index in [0.29, 0.717) is 45.8 Å². The summed E-state index contributed by atoms with van der Waals surface area (Å²) in [6.45, 7) is 5.54. The molecule has 2 aliphatic rings. The number of piperidine rings is 1. The number of benzene rings is 2. The molecule has 1 fully saturated rings. The third kappa shape index (κ3) is 5.23. The van der Waals surface area contributed by atoms with Gasteiger partial charge < -0.3 is 19.3 Å². The second kappa shape index (κ2) is 10.5. The van der Waals surface area contributed by atoms with E-state index in [-0.39, 0.29) is 17.7 Å². The molecule has 32 heavy (non-hydrogen) atoms. The molecule has 1 saturated heterocycles. The van der Waals surface area contributed by atoms with Gasteiger partial charge in [0.05, 0.1) is 0 Å². The molecule has 0 spiro atoms. The van der Waals surface area contributed by atoms with Gasteiger partial charge >= 0.3 is 0 Å². The number of ether oxygens (including phenoxy) is 2. The van der Waals surface area contributed by atoms with E-state index in [9.17, 15) is 9.59 Å². The van der Waals surface area contributed by atoms with Gasteiger partial charge in [-0.1, -0.05) is 42.5 Å². The first-order valence-corrected chi connectivity index (χ1v) is 11.6. The lowest BCUT2D eigenvalue weighted by atomic mass is 9.94. The predicted octanol–water partition coefficient (Wildman–Crippen LogP) is 3.68. The number of carbonyl (C=O) groups excluding carboxylic acids is 2. The normalized spacial score (nSPS) is 16.0. The highest BCUT2D eigenvalue weighted by Crippen LogP contribution is 2.34. The van der Waals surface area contributed by atoms with E-state index in [4.69, 9.17) is 9.47 Å². The fourth-order valence-electron chi connectivity index (χ4n) is 4.50. The standard InChI is InChI=1S/C26H32N2O4/c1-2-27(19-22-9-6-10-23-25(22)32-18-17-31-23)26(30)21-13-15-28(16-14-21)24(29)12-11-20-7-4-3-5-8-20/h3-10,21H,2,11-19H2,1H3. The molecular weight excluding hydrogens is 404 g/mol. The molecule has 0 unspecified atom stereocenters. The zero-order valence-electron chi connectivity index (χ0n) is 18.8. The van der Waals surface area contributed by atoms with Crippen LogP contribution in [0.25, 0.3) is 0 Å². The van der Waals surface area contributed by atoms with Crippen molar-refractivity contribution in [3.8, 4) is 11.5 Å². The summed E-state index contributed by atoms with van der Waals surface area (Å²) in [6.07, 6.45) is 2.72. The van der Waals surface area contributed by atoms with Crippen LogP contribution in [-0.2, 0) is 22.6 Å². The van der Waals surface area contributed by atoms with Crippen LogP contribution in [-0.4, -0.2) is 54.5 Å². The first-order valence-electron chi connectivity index (χ1n) is 11.6. The molecule has 4 rings (SSSR count). The van der Waals surface area contributed by atoms with Crippen molar-refractivity contribution in [3.63, 3.8) is 0 Å². The summed E-state index contributed by atoms with van der Waals surface area (Å²) in [7, 11) is 0. The number of hydrogen-bond acceptors (Lipinski definition) is 4. The first-order chi connectivity index (χ1) is 15.7. The molecule has 0 aromatic heterocycles. The summed E-state index contributed by atoms with van der Waals surface area (Å²) in [5, 5.41) is 0. The van der Waals surface area contributed by atoms with Gasteiger partial charge in [-0.2, -0.15) is 0 Å². The molecule has 2 aromatic carbocycles. The number of aryl methyl sites for hydroxylation is 1. The molecule has 2 aromatic rings. The molecule has 2 amide bonds. The van der Waals surface area contributed by atoms with Crippen molar-refractivity contribution in [2.45, 2.75) is 39.2 Å². The molecule has 6 heteroatoms. The maximum Gasteiger partial charge on any atom is 0.226 e. The second-order valence-corrected chi connectivity index (χ2v) is 8.43. The van der Waals surface area contributed by atoms with Gasteiger partial charge in [-0.3, -0.25) is 9.59 Å². The van der Waals surface area contributed by atoms with Crippen LogP contribution in [0.3, 0.4) is 0 Å². The zero-order chi connectivity index (χ0) is 22.3. The smallest absolute Gasteiger partial charge is 0.226 e. The highest BCUT2D eigenvalue weighted by molar-refractivity contribution is 5.80. The van der Waals surface area contributed by atoms with Crippen molar-refractivity contribution in [1.82, 2.24) is 9.80 Å². The molecular formula is C26H32N2O4. The van der Waals surface area contributed by atoms with Gasteiger partial charge in [0.15, 0.2) is 11.5 Å². The van der Waals surface area contributed by atoms with E-state index >= 15 is 0 Å². The van der Waals surface area contributed by atoms with Crippen LogP contribution in [0, 0.1) is 5.92 Å². The lowest BCUT2D eigenvalue weighted by Gasteiger charge is -2.34. The average Bonchev–Trinajstić information content (AvgIpc) is 2.86. The molecule has 0 saturated carbocycles. The fourth-order valence-corrected chi connectivity index (χ4v) is 4.50. The molecule has 170 valence electrons. The van der Waals surface area contributed by atoms with Crippen LogP contribution in [0.1, 0.15) is 37.3 Å². The summed E-state index contributed by atoms with van der Waals surface area (Å²) in [4.78, 5) is 29.7. The SMILES string of the molecule is CCN(Cc1cccc2c1OCCO2)C(=O)C1CCN(C(=O)CCc2ccccc2)CC1. The van der Waals surface area contributed by atoms with Crippen LogP contribution in [0.2, 0.25) is 0 Å². The lowest BCUT2D eigenvalue weighted by Crippen LogP contribution is -2.44. The third-order valence-electron chi connectivity index (χ3n) is 6.37. The minimum atomic E-state index is -0.0372. The van der Waals surface area contributed by atoms with Crippen LogP contribution in [0.5, 0.6) is 11.5 Å². The van der Waals surface area contributed by atoms with Crippen LogP contribution >= 0.6 is 0 Å². The average molecular weight is 437 g/mol. The topological polar surface area (TPSA) is 59.1 Å². The van der Waals surface area contributed by atoms with Crippen molar-refractivity contribution in [2.24, 2.45) is 5.92 Å².